The molecular weight excluding hydrogens is 514 g/mol. The molecule has 2 atom stereocenters. The molecule has 166 valence electrons. The number of morpholine rings is 1. The van der Waals surface area contributed by atoms with Gasteiger partial charge in [0.25, 0.3) is 0 Å². The van der Waals surface area contributed by atoms with Crippen molar-refractivity contribution in [2.24, 2.45) is 4.99 Å². The van der Waals surface area contributed by atoms with Crippen LogP contribution >= 0.6 is 24.0 Å². The van der Waals surface area contributed by atoms with Crippen molar-refractivity contribution in [2.75, 3.05) is 26.7 Å². The minimum Gasteiger partial charge on any atom is -0.461 e. The van der Waals surface area contributed by atoms with E-state index in [1.165, 1.54) is 12.1 Å². The van der Waals surface area contributed by atoms with E-state index >= 15 is 0 Å². The van der Waals surface area contributed by atoms with Crippen molar-refractivity contribution in [3.8, 4) is 11.6 Å². The van der Waals surface area contributed by atoms with Crippen LogP contribution in [0.1, 0.15) is 24.4 Å². The van der Waals surface area contributed by atoms with Crippen molar-refractivity contribution in [2.45, 2.75) is 25.6 Å². The van der Waals surface area contributed by atoms with Gasteiger partial charge in [-0.1, -0.05) is 12.1 Å². The van der Waals surface area contributed by atoms with Gasteiger partial charge in [0, 0.05) is 26.6 Å². The Morgan fingerprint density at radius 3 is 2.81 bits per heavy atom. The third-order valence-corrected chi connectivity index (χ3v) is 4.93. The highest BCUT2D eigenvalue weighted by Crippen LogP contribution is 2.25. The molecule has 0 radical (unpaired) electrons. The number of aromatic nitrogens is 3. The highest BCUT2D eigenvalue weighted by Gasteiger charge is 2.28. The molecule has 0 bridgehead atoms. The van der Waals surface area contributed by atoms with Gasteiger partial charge in [0.1, 0.15) is 17.7 Å². The number of halogens is 2. The molecule has 0 spiro atoms. The number of hydrogen-bond donors (Lipinski definition) is 2. The number of guanidine groups is 1. The standard InChI is InChI=1S/C21H25FN6O2.HI/c1-14-12-28(13-18(30-14)15-5-7-16(22)8-6-15)21(23-2)24-10-9-19-25-20(27-26-19)17-4-3-11-29-17;/h3-8,11,14,18H,9-10,12-13H2,1-2H3,(H,23,24)(H,25,26,27);1H. The summed E-state index contributed by atoms with van der Waals surface area (Å²) in [5.74, 6) is 2.49. The molecule has 0 amide bonds. The van der Waals surface area contributed by atoms with Gasteiger partial charge in [-0.3, -0.25) is 10.1 Å². The van der Waals surface area contributed by atoms with E-state index in [9.17, 15) is 4.39 Å². The Balaban J connectivity index is 0.00000272. The van der Waals surface area contributed by atoms with Crippen molar-refractivity contribution >= 4 is 29.9 Å². The molecule has 2 unspecified atom stereocenters. The van der Waals surface area contributed by atoms with E-state index in [-0.39, 0.29) is 42.0 Å². The fourth-order valence-corrected chi connectivity index (χ4v) is 3.53. The van der Waals surface area contributed by atoms with E-state index < -0.39 is 0 Å². The minimum atomic E-state index is -0.250. The first-order valence-corrected chi connectivity index (χ1v) is 9.94. The molecular formula is C21H26FIN6O2. The SMILES string of the molecule is CN=C(NCCc1nc(-c2ccco2)n[nH]1)N1CC(C)OC(c2ccc(F)cc2)C1.I. The first kappa shape index (κ1) is 23.2. The predicted molar refractivity (Wildman–Crippen MR) is 126 cm³/mol. The van der Waals surface area contributed by atoms with Crippen LogP contribution in [0.5, 0.6) is 0 Å². The van der Waals surface area contributed by atoms with Gasteiger partial charge in [-0.05, 0) is 36.8 Å². The fourth-order valence-electron chi connectivity index (χ4n) is 3.53. The van der Waals surface area contributed by atoms with Gasteiger partial charge in [0.15, 0.2) is 11.7 Å². The van der Waals surface area contributed by atoms with Crippen molar-refractivity contribution in [3.63, 3.8) is 0 Å². The average Bonchev–Trinajstić information content (AvgIpc) is 3.43. The average molecular weight is 540 g/mol. The van der Waals surface area contributed by atoms with Crippen LogP contribution in [0, 0.1) is 5.82 Å². The number of H-pyrrole nitrogens is 1. The molecule has 1 aliphatic rings. The molecule has 0 aliphatic carbocycles. The molecule has 4 rings (SSSR count). The molecule has 2 N–H and O–H groups in total. The monoisotopic (exact) mass is 540 g/mol. The number of aliphatic imine (C=N–C) groups is 1. The second kappa shape index (κ2) is 10.7. The summed E-state index contributed by atoms with van der Waals surface area (Å²) in [7, 11) is 1.76. The Labute approximate surface area is 197 Å². The van der Waals surface area contributed by atoms with Gasteiger partial charge in [-0.15, -0.1) is 24.0 Å². The Morgan fingerprint density at radius 1 is 1.29 bits per heavy atom. The third kappa shape index (κ3) is 5.82. The Hall–Kier alpha value is -2.47. The summed E-state index contributed by atoms with van der Waals surface area (Å²) in [5.41, 5.74) is 0.954. The van der Waals surface area contributed by atoms with Crippen LogP contribution in [-0.2, 0) is 11.2 Å². The van der Waals surface area contributed by atoms with Crippen LogP contribution in [0.3, 0.4) is 0 Å². The maximum absolute atomic E-state index is 13.3. The lowest BCUT2D eigenvalue weighted by Crippen LogP contribution is -2.51. The number of nitrogens with one attached hydrogen (secondary N) is 2. The highest BCUT2D eigenvalue weighted by molar-refractivity contribution is 14.0. The summed E-state index contributed by atoms with van der Waals surface area (Å²) in [4.78, 5) is 11.0. The lowest BCUT2D eigenvalue weighted by atomic mass is 10.1. The van der Waals surface area contributed by atoms with Gasteiger partial charge in [0.2, 0.25) is 5.82 Å². The molecule has 3 aromatic rings. The molecule has 0 saturated carbocycles. The number of hydrogen-bond acceptors (Lipinski definition) is 5. The van der Waals surface area contributed by atoms with Crippen LogP contribution < -0.4 is 5.32 Å². The number of rotatable bonds is 5. The van der Waals surface area contributed by atoms with Crippen LogP contribution in [-0.4, -0.2) is 58.8 Å². The zero-order chi connectivity index (χ0) is 20.9. The van der Waals surface area contributed by atoms with E-state index in [0.29, 0.717) is 31.1 Å². The van der Waals surface area contributed by atoms with Crippen molar-refractivity contribution in [3.05, 3.63) is 59.9 Å². The summed E-state index contributed by atoms with van der Waals surface area (Å²) in [6.07, 6.45) is 2.14. The topological polar surface area (TPSA) is 91.6 Å². The molecule has 3 heterocycles. The minimum absolute atomic E-state index is 0. The Morgan fingerprint density at radius 2 is 2.10 bits per heavy atom. The van der Waals surface area contributed by atoms with Crippen LogP contribution in [0.25, 0.3) is 11.6 Å². The summed E-state index contributed by atoms with van der Waals surface area (Å²) >= 11 is 0. The van der Waals surface area contributed by atoms with E-state index in [2.05, 4.69) is 30.4 Å². The van der Waals surface area contributed by atoms with E-state index in [1.807, 2.05) is 13.0 Å². The van der Waals surface area contributed by atoms with Gasteiger partial charge in [0.05, 0.1) is 18.9 Å². The normalized spacial score (nSPS) is 19.2. The summed E-state index contributed by atoms with van der Waals surface area (Å²) in [5, 5.41) is 10.5. The second-order valence-electron chi connectivity index (χ2n) is 7.20. The number of furan rings is 1. The maximum atomic E-state index is 13.3. The van der Waals surface area contributed by atoms with Crippen molar-refractivity contribution in [1.29, 1.82) is 0 Å². The first-order valence-electron chi connectivity index (χ1n) is 9.94. The summed E-state index contributed by atoms with van der Waals surface area (Å²) in [6, 6.07) is 10.1. The summed E-state index contributed by atoms with van der Waals surface area (Å²) in [6.45, 7) is 4.04. The quantitative estimate of drug-likeness (QED) is 0.293. The number of aromatic amines is 1. The highest BCUT2D eigenvalue weighted by atomic mass is 127. The fraction of sp³-hybridized carbons (Fsp3) is 0.381. The molecule has 1 aliphatic heterocycles. The lowest BCUT2D eigenvalue weighted by Gasteiger charge is -2.38. The van der Waals surface area contributed by atoms with Gasteiger partial charge < -0.3 is 19.4 Å². The molecule has 31 heavy (non-hydrogen) atoms. The Bertz CT molecular complexity index is 976. The zero-order valence-corrected chi connectivity index (χ0v) is 19.7. The van der Waals surface area contributed by atoms with Gasteiger partial charge in [-0.2, -0.15) is 5.10 Å². The first-order chi connectivity index (χ1) is 14.6. The second-order valence-corrected chi connectivity index (χ2v) is 7.20. The van der Waals surface area contributed by atoms with Gasteiger partial charge >= 0.3 is 0 Å². The number of ether oxygens (including phenoxy) is 1. The van der Waals surface area contributed by atoms with Crippen molar-refractivity contribution in [1.82, 2.24) is 25.4 Å². The van der Waals surface area contributed by atoms with E-state index in [1.54, 1.807) is 31.5 Å². The third-order valence-electron chi connectivity index (χ3n) is 4.93. The molecule has 1 saturated heterocycles. The van der Waals surface area contributed by atoms with E-state index in [0.717, 1.165) is 23.9 Å². The molecule has 1 fully saturated rings. The smallest absolute Gasteiger partial charge is 0.216 e. The van der Waals surface area contributed by atoms with E-state index in [4.69, 9.17) is 9.15 Å². The molecule has 10 heteroatoms. The zero-order valence-electron chi connectivity index (χ0n) is 17.4. The van der Waals surface area contributed by atoms with Crippen molar-refractivity contribution < 1.29 is 13.5 Å². The maximum Gasteiger partial charge on any atom is 0.216 e. The number of nitrogens with zero attached hydrogens (tertiary/aromatic N) is 4. The largest absolute Gasteiger partial charge is 0.461 e. The molecule has 8 nitrogen and oxygen atoms in total. The lowest BCUT2D eigenvalue weighted by molar-refractivity contribution is -0.0604. The molecule has 1 aromatic carbocycles. The Kier molecular flexibility index (Phi) is 8.02. The van der Waals surface area contributed by atoms with Gasteiger partial charge in [-0.25, -0.2) is 9.37 Å². The van der Waals surface area contributed by atoms with Crippen LogP contribution in [0.15, 0.2) is 52.1 Å². The molecule has 2 aromatic heterocycles. The summed E-state index contributed by atoms with van der Waals surface area (Å²) < 4.78 is 24.6. The number of benzene rings is 1. The van der Waals surface area contributed by atoms with Crippen LogP contribution in [0.2, 0.25) is 0 Å². The van der Waals surface area contributed by atoms with Crippen LogP contribution in [0.4, 0.5) is 4.39 Å². The predicted octanol–water partition coefficient (Wildman–Crippen LogP) is 3.40.